The fraction of sp³-hybridized carbons (Fsp3) is 0.227. The Morgan fingerprint density at radius 1 is 0.917 bits per heavy atom. The number of nitrogens with one attached hydrogen (secondary N) is 1. The fourth-order valence-corrected chi connectivity index (χ4v) is 3.06. The molecule has 1 atom stereocenters. The van der Waals surface area contributed by atoms with Crippen LogP contribution in [-0.2, 0) is 0 Å². The van der Waals surface area contributed by atoms with Crippen molar-refractivity contribution >= 4 is 11.4 Å². The molecular weight excluding hydrogens is 292 g/mol. The molecule has 0 saturated carbocycles. The first-order chi connectivity index (χ1) is 11.6. The van der Waals surface area contributed by atoms with E-state index >= 15 is 0 Å². The van der Waals surface area contributed by atoms with Crippen LogP contribution in [0.3, 0.4) is 0 Å². The smallest absolute Gasteiger partial charge is 0.0688 e. The van der Waals surface area contributed by atoms with Gasteiger partial charge in [-0.05, 0) is 44.0 Å². The maximum absolute atomic E-state index is 4.73. The van der Waals surface area contributed by atoms with Crippen molar-refractivity contribution < 1.29 is 0 Å². The Labute approximate surface area is 144 Å². The van der Waals surface area contributed by atoms with E-state index in [1.165, 1.54) is 22.3 Å². The van der Waals surface area contributed by atoms with Gasteiger partial charge in [0.15, 0.2) is 0 Å². The summed E-state index contributed by atoms with van der Waals surface area (Å²) >= 11 is 0. The summed E-state index contributed by atoms with van der Waals surface area (Å²) in [6, 6.07) is 20.5. The zero-order chi connectivity index (χ0) is 16.9. The second-order valence-corrected chi connectivity index (χ2v) is 6.37. The fourth-order valence-electron chi connectivity index (χ4n) is 3.06. The highest BCUT2D eigenvalue weighted by Crippen LogP contribution is 2.33. The molecule has 0 heterocycles. The molecule has 0 bridgehead atoms. The van der Waals surface area contributed by atoms with Crippen molar-refractivity contribution in [1.82, 2.24) is 0 Å². The van der Waals surface area contributed by atoms with Crippen LogP contribution in [0.2, 0.25) is 0 Å². The first-order valence-electron chi connectivity index (χ1n) is 8.44. The number of nitrogens with zero attached hydrogens (tertiary/aromatic N) is 1. The highest BCUT2D eigenvalue weighted by Gasteiger charge is 2.21. The van der Waals surface area contributed by atoms with Gasteiger partial charge in [-0.3, -0.25) is 5.43 Å². The SMILES string of the molecule is CC1=CC(CC(=NNc2ccccc2)c2ccccc2)C(C)=C1C. The van der Waals surface area contributed by atoms with Crippen molar-refractivity contribution in [2.75, 3.05) is 5.43 Å². The molecule has 3 rings (SSSR count). The molecule has 1 aliphatic carbocycles. The Morgan fingerprint density at radius 2 is 1.54 bits per heavy atom. The molecule has 24 heavy (non-hydrogen) atoms. The summed E-state index contributed by atoms with van der Waals surface area (Å²) in [7, 11) is 0. The molecule has 0 amide bonds. The number of anilines is 1. The van der Waals surface area contributed by atoms with Gasteiger partial charge in [-0.15, -0.1) is 0 Å². The molecule has 2 nitrogen and oxygen atoms in total. The van der Waals surface area contributed by atoms with Gasteiger partial charge in [0, 0.05) is 12.3 Å². The summed E-state index contributed by atoms with van der Waals surface area (Å²) < 4.78 is 0. The quantitative estimate of drug-likeness (QED) is 0.546. The number of hydrazone groups is 1. The minimum Gasteiger partial charge on any atom is -0.278 e. The van der Waals surface area contributed by atoms with Crippen molar-refractivity contribution in [2.45, 2.75) is 27.2 Å². The van der Waals surface area contributed by atoms with E-state index < -0.39 is 0 Å². The summed E-state index contributed by atoms with van der Waals surface area (Å²) in [5.41, 5.74) is 10.7. The van der Waals surface area contributed by atoms with Crippen LogP contribution in [0.4, 0.5) is 5.69 Å². The summed E-state index contributed by atoms with van der Waals surface area (Å²) in [5, 5.41) is 4.73. The van der Waals surface area contributed by atoms with E-state index in [9.17, 15) is 0 Å². The Hall–Kier alpha value is -2.61. The summed E-state index contributed by atoms with van der Waals surface area (Å²) in [5.74, 6) is 0.432. The second-order valence-electron chi connectivity index (χ2n) is 6.37. The van der Waals surface area contributed by atoms with Gasteiger partial charge in [0.25, 0.3) is 0 Å². The molecule has 0 aromatic heterocycles. The molecular formula is C22H24N2. The first-order valence-corrected chi connectivity index (χ1v) is 8.44. The lowest BCUT2D eigenvalue weighted by Gasteiger charge is -2.14. The van der Waals surface area contributed by atoms with Crippen molar-refractivity contribution in [3.05, 3.63) is 89.0 Å². The van der Waals surface area contributed by atoms with E-state index in [2.05, 4.69) is 56.5 Å². The molecule has 0 radical (unpaired) electrons. The number of allylic oxidation sites excluding steroid dienone is 4. The normalized spacial score (nSPS) is 17.9. The van der Waals surface area contributed by atoms with Crippen LogP contribution in [-0.4, -0.2) is 5.71 Å². The van der Waals surface area contributed by atoms with Crippen LogP contribution >= 0.6 is 0 Å². The minimum absolute atomic E-state index is 0.432. The van der Waals surface area contributed by atoms with E-state index in [0.29, 0.717) is 5.92 Å². The Morgan fingerprint density at radius 3 is 2.12 bits per heavy atom. The van der Waals surface area contributed by atoms with Crippen molar-refractivity contribution in [3.63, 3.8) is 0 Å². The topological polar surface area (TPSA) is 24.4 Å². The van der Waals surface area contributed by atoms with Crippen LogP contribution in [0.25, 0.3) is 0 Å². The minimum atomic E-state index is 0.432. The average Bonchev–Trinajstić information content (AvgIpc) is 2.87. The molecule has 0 aliphatic heterocycles. The molecule has 2 aromatic carbocycles. The lowest BCUT2D eigenvalue weighted by molar-refractivity contribution is 0.808. The van der Waals surface area contributed by atoms with Crippen LogP contribution in [0.1, 0.15) is 32.8 Å². The first kappa shape index (κ1) is 16.3. The number of rotatable bonds is 5. The van der Waals surface area contributed by atoms with Gasteiger partial charge in [0.1, 0.15) is 0 Å². The Bertz CT molecular complexity index is 783. The Balaban J connectivity index is 1.86. The maximum Gasteiger partial charge on any atom is 0.0688 e. The largest absolute Gasteiger partial charge is 0.278 e. The number of hydrogen-bond donors (Lipinski definition) is 1. The Kier molecular flexibility index (Phi) is 4.95. The van der Waals surface area contributed by atoms with Crippen molar-refractivity contribution in [3.8, 4) is 0 Å². The number of para-hydroxylation sites is 1. The van der Waals surface area contributed by atoms with E-state index in [0.717, 1.165) is 17.8 Å². The molecule has 1 N–H and O–H groups in total. The summed E-state index contributed by atoms with van der Waals surface area (Å²) in [4.78, 5) is 0. The van der Waals surface area contributed by atoms with E-state index in [1.807, 2.05) is 36.4 Å². The maximum atomic E-state index is 4.73. The number of benzene rings is 2. The summed E-state index contributed by atoms with van der Waals surface area (Å²) in [6.07, 6.45) is 3.27. The molecule has 0 spiro atoms. The van der Waals surface area contributed by atoms with Gasteiger partial charge >= 0.3 is 0 Å². The van der Waals surface area contributed by atoms with Gasteiger partial charge in [0.05, 0.1) is 11.4 Å². The molecule has 0 fully saturated rings. The predicted molar refractivity (Wildman–Crippen MR) is 103 cm³/mol. The van der Waals surface area contributed by atoms with Gasteiger partial charge in [-0.1, -0.05) is 65.8 Å². The zero-order valence-corrected chi connectivity index (χ0v) is 14.6. The van der Waals surface area contributed by atoms with Crippen molar-refractivity contribution in [2.24, 2.45) is 11.0 Å². The highest BCUT2D eigenvalue weighted by molar-refractivity contribution is 6.01. The van der Waals surface area contributed by atoms with Crippen LogP contribution in [0, 0.1) is 5.92 Å². The third kappa shape index (κ3) is 3.65. The standard InChI is InChI=1S/C22H24N2/c1-16-14-20(18(3)17(16)2)15-22(19-10-6-4-7-11-19)24-23-21-12-8-5-9-13-21/h4-14,20,23H,15H2,1-3H3. The van der Waals surface area contributed by atoms with Gasteiger partial charge in [0.2, 0.25) is 0 Å². The van der Waals surface area contributed by atoms with Gasteiger partial charge < -0.3 is 0 Å². The van der Waals surface area contributed by atoms with Crippen LogP contribution in [0.5, 0.6) is 0 Å². The second kappa shape index (κ2) is 7.31. The predicted octanol–water partition coefficient (Wildman–Crippen LogP) is 5.81. The monoisotopic (exact) mass is 316 g/mol. The lowest BCUT2D eigenvalue weighted by Crippen LogP contribution is -2.10. The molecule has 0 saturated heterocycles. The van der Waals surface area contributed by atoms with Gasteiger partial charge in [-0.2, -0.15) is 5.10 Å². The molecule has 1 unspecified atom stereocenters. The molecule has 2 heteroatoms. The third-order valence-electron chi connectivity index (χ3n) is 4.80. The van der Waals surface area contributed by atoms with Gasteiger partial charge in [-0.25, -0.2) is 0 Å². The van der Waals surface area contributed by atoms with E-state index in [-0.39, 0.29) is 0 Å². The third-order valence-corrected chi connectivity index (χ3v) is 4.80. The van der Waals surface area contributed by atoms with E-state index in [1.54, 1.807) is 0 Å². The molecule has 1 aliphatic rings. The van der Waals surface area contributed by atoms with Crippen LogP contribution in [0.15, 0.2) is 88.6 Å². The van der Waals surface area contributed by atoms with E-state index in [4.69, 9.17) is 5.10 Å². The number of hydrogen-bond acceptors (Lipinski definition) is 2. The summed E-state index contributed by atoms with van der Waals surface area (Å²) in [6.45, 7) is 6.64. The van der Waals surface area contributed by atoms with Crippen molar-refractivity contribution in [1.29, 1.82) is 0 Å². The highest BCUT2D eigenvalue weighted by atomic mass is 15.3. The molecule has 2 aromatic rings. The zero-order valence-electron chi connectivity index (χ0n) is 14.6. The lowest BCUT2D eigenvalue weighted by atomic mass is 9.93. The average molecular weight is 316 g/mol. The molecule has 122 valence electrons. The van der Waals surface area contributed by atoms with Crippen LogP contribution < -0.4 is 5.43 Å².